The van der Waals surface area contributed by atoms with E-state index < -0.39 is 11.4 Å². The highest BCUT2D eigenvalue weighted by Crippen LogP contribution is 2.27. The van der Waals surface area contributed by atoms with E-state index in [2.05, 4.69) is 34.3 Å². The predicted octanol–water partition coefficient (Wildman–Crippen LogP) is 3.37. The molecule has 8 nitrogen and oxygen atoms in total. The van der Waals surface area contributed by atoms with Crippen LogP contribution in [0.1, 0.15) is 61.0 Å². The van der Waals surface area contributed by atoms with Crippen LogP contribution in [0.25, 0.3) is 16.7 Å². The zero-order valence-electron chi connectivity index (χ0n) is 19.8. The third-order valence-corrected chi connectivity index (χ3v) is 6.85. The van der Waals surface area contributed by atoms with E-state index in [0.29, 0.717) is 17.0 Å². The standard InChI is InChI=1S/C26H31N5O3/c1-3-30(22-10-5-6-13-27-22)26-28-15-20-23(32)21(25(33)34-4-2)16-31(24(20)29-26)19-12-11-17-8-7-9-18(17)14-19/h11-12,14-16,22,27H,3-10,13H2,1-2H3. The molecular formula is C26H31N5O3. The number of aryl methyl sites for hydroxylation is 2. The Bertz CT molecular complexity index is 1280. The molecule has 3 heterocycles. The molecule has 0 saturated carbocycles. The number of benzene rings is 1. The molecule has 0 spiro atoms. The Kier molecular flexibility index (Phi) is 6.32. The second-order valence-corrected chi connectivity index (χ2v) is 8.93. The maximum Gasteiger partial charge on any atom is 0.343 e. The fourth-order valence-electron chi connectivity index (χ4n) is 5.10. The molecule has 1 aromatic carbocycles. The summed E-state index contributed by atoms with van der Waals surface area (Å²) in [6.45, 7) is 5.72. The Hall–Kier alpha value is -3.26. The van der Waals surface area contributed by atoms with Crippen LogP contribution in [0.4, 0.5) is 5.95 Å². The van der Waals surface area contributed by atoms with Crippen molar-refractivity contribution >= 4 is 23.0 Å². The van der Waals surface area contributed by atoms with Crippen LogP contribution in [0.5, 0.6) is 0 Å². The van der Waals surface area contributed by atoms with E-state index in [-0.39, 0.29) is 18.3 Å². The maximum atomic E-state index is 13.2. The Morgan fingerprint density at radius 1 is 1.21 bits per heavy atom. The second kappa shape index (κ2) is 9.54. The highest BCUT2D eigenvalue weighted by atomic mass is 16.5. The summed E-state index contributed by atoms with van der Waals surface area (Å²) in [4.78, 5) is 37.5. The van der Waals surface area contributed by atoms with Crippen molar-refractivity contribution in [3.8, 4) is 5.69 Å². The summed E-state index contributed by atoms with van der Waals surface area (Å²) >= 11 is 0. The summed E-state index contributed by atoms with van der Waals surface area (Å²) in [6.07, 6.45) is 9.90. The number of piperidine rings is 1. The van der Waals surface area contributed by atoms with E-state index in [4.69, 9.17) is 9.72 Å². The Labute approximate surface area is 199 Å². The lowest BCUT2D eigenvalue weighted by atomic mass is 10.1. The smallest absolute Gasteiger partial charge is 0.343 e. The van der Waals surface area contributed by atoms with Crippen LogP contribution in [0.2, 0.25) is 0 Å². The fourth-order valence-corrected chi connectivity index (χ4v) is 5.10. The van der Waals surface area contributed by atoms with Gasteiger partial charge in [0.05, 0.1) is 18.2 Å². The first-order valence-corrected chi connectivity index (χ1v) is 12.3. The molecular weight excluding hydrogens is 430 g/mol. The van der Waals surface area contributed by atoms with Gasteiger partial charge < -0.3 is 14.2 Å². The first-order valence-electron chi connectivity index (χ1n) is 12.3. The normalized spacial score (nSPS) is 17.5. The Morgan fingerprint density at radius 2 is 2.06 bits per heavy atom. The number of carbonyl (C=O) groups is 1. The minimum Gasteiger partial charge on any atom is -0.462 e. The Balaban J connectivity index is 1.69. The molecule has 3 aromatic rings. The summed E-state index contributed by atoms with van der Waals surface area (Å²) < 4.78 is 7.01. The van der Waals surface area contributed by atoms with Crippen LogP contribution in [0.15, 0.2) is 35.4 Å². The zero-order valence-corrected chi connectivity index (χ0v) is 19.8. The molecule has 0 bridgehead atoms. The first kappa shape index (κ1) is 22.5. The summed E-state index contributed by atoms with van der Waals surface area (Å²) in [5.74, 6) is -0.0532. The lowest BCUT2D eigenvalue weighted by Gasteiger charge is -2.34. The van der Waals surface area contributed by atoms with Gasteiger partial charge in [-0.25, -0.2) is 9.78 Å². The average Bonchev–Trinajstić information content (AvgIpc) is 3.33. The summed E-state index contributed by atoms with van der Waals surface area (Å²) in [5, 5.41) is 3.86. The highest BCUT2D eigenvalue weighted by molar-refractivity contribution is 5.93. The molecule has 1 fully saturated rings. The summed E-state index contributed by atoms with van der Waals surface area (Å²) in [6, 6.07) is 6.31. The number of hydrogen-bond donors (Lipinski definition) is 1. The molecule has 0 radical (unpaired) electrons. The molecule has 8 heteroatoms. The number of anilines is 1. The molecule has 34 heavy (non-hydrogen) atoms. The van der Waals surface area contributed by atoms with E-state index in [0.717, 1.165) is 50.9 Å². The fraction of sp³-hybridized carbons (Fsp3) is 0.462. The second-order valence-electron chi connectivity index (χ2n) is 8.93. The van der Waals surface area contributed by atoms with E-state index in [1.165, 1.54) is 17.5 Å². The lowest BCUT2D eigenvalue weighted by molar-refractivity contribution is 0.0524. The van der Waals surface area contributed by atoms with Gasteiger partial charge in [0.15, 0.2) is 5.65 Å². The number of nitrogens with zero attached hydrogens (tertiary/aromatic N) is 4. The van der Waals surface area contributed by atoms with Crippen LogP contribution >= 0.6 is 0 Å². The van der Waals surface area contributed by atoms with Gasteiger partial charge in [-0.15, -0.1) is 0 Å². The number of carbonyl (C=O) groups excluding carboxylic acids is 1. The summed E-state index contributed by atoms with van der Waals surface area (Å²) in [7, 11) is 0. The monoisotopic (exact) mass is 461 g/mol. The van der Waals surface area contributed by atoms with Crippen LogP contribution in [0.3, 0.4) is 0 Å². The van der Waals surface area contributed by atoms with Crippen LogP contribution in [-0.2, 0) is 17.6 Å². The maximum absolute atomic E-state index is 13.2. The number of nitrogens with one attached hydrogen (secondary N) is 1. The van der Waals surface area contributed by atoms with Crippen molar-refractivity contribution in [3.63, 3.8) is 0 Å². The Morgan fingerprint density at radius 3 is 2.82 bits per heavy atom. The van der Waals surface area contributed by atoms with Crippen molar-refractivity contribution in [1.82, 2.24) is 19.9 Å². The van der Waals surface area contributed by atoms with Gasteiger partial charge in [0.25, 0.3) is 0 Å². The van der Waals surface area contributed by atoms with Crippen molar-refractivity contribution < 1.29 is 9.53 Å². The molecule has 1 atom stereocenters. The van der Waals surface area contributed by atoms with Gasteiger partial charge in [-0.3, -0.25) is 10.1 Å². The van der Waals surface area contributed by atoms with E-state index in [1.54, 1.807) is 19.3 Å². The number of fused-ring (bicyclic) bond motifs is 2. The van der Waals surface area contributed by atoms with E-state index >= 15 is 0 Å². The van der Waals surface area contributed by atoms with Gasteiger partial charge in [-0.05, 0) is 82.2 Å². The largest absolute Gasteiger partial charge is 0.462 e. The van der Waals surface area contributed by atoms with E-state index in [1.807, 2.05) is 10.6 Å². The molecule has 1 N–H and O–H groups in total. The van der Waals surface area contributed by atoms with Crippen molar-refractivity contribution in [2.75, 3.05) is 24.6 Å². The third kappa shape index (κ3) is 4.07. The first-order chi connectivity index (χ1) is 16.6. The molecule has 1 aliphatic carbocycles. The van der Waals surface area contributed by atoms with Crippen molar-refractivity contribution in [2.45, 2.75) is 58.5 Å². The number of pyridine rings is 1. The average molecular weight is 462 g/mol. The minimum atomic E-state index is -0.630. The minimum absolute atomic E-state index is 0.00695. The highest BCUT2D eigenvalue weighted by Gasteiger charge is 2.24. The number of hydrogen-bond acceptors (Lipinski definition) is 7. The number of rotatable bonds is 6. The van der Waals surface area contributed by atoms with Crippen molar-refractivity contribution in [2.24, 2.45) is 0 Å². The zero-order chi connectivity index (χ0) is 23.7. The number of aromatic nitrogens is 3. The molecule has 1 aliphatic heterocycles. The molecule has 2 aromatic heterocycles. The number of esters is 1. The third-order valence-electron chi connectivity index (χ3n) is 6.85. The SMILES string of the molecule is CCOC(=O)c1cn(-c2ccc3c(c2)CCC3)c2nc(N(CC)C3CCCCN3)ncc2c1=O. The molecule has 1 unspecified atom stereocenters. The van der Waals surface area contributed by atoms with Gasteiger partial charge in [0.2, 0.25) is 11.4 Å². The quantitative estimate of drug-likeness (QED) is 0.563. The predicted molar refractivity (Wildman–Crippen MR) is 132 cm³/mol. The topological polar surface area (TPSA) is 89.3 Å². The van der Waals surface area contributed by atoms with Crippen LogP contribution < -0.4 is 15.6 Å². The van der Waals surface area contributed by atoms with E-state index in [9.17, 15) is 9.59 Å². The lowest BCUT2D eigenvalue weighted by Crippen LogP contribution is -2.49. The van der Waals surface area contributed by atoms with Gasteiger partial charge in [0, 0.05) is 24.6 Å². The number of ether oxygens (including phenoxy) is 1. The summed E-state index contributed by atoms with van der Waals surface area (Å²) in [5.41, 5.74) is 3.62. The van der Waals surface area contributed by atoms with Crippen LogP contribution in [0, 0.1) is 0 Å². The van der Waals surface area contributed by atoms with Gasteiger partial charge in [-0.2, -0.15) is 4.98 Å². The molecule has 1 saturated heterocycles. The van der Waals surface area contributed by atoms with Crippen LogP contribution in [-0.4, -0.2) is 46.4 Å². The van der Waals surface area contributed by atoms with Crippen molar-refractivity contribution in [1.29, 1.82) is 0 Å². The van der Waals surface area contributed by atoms with Gasteiger partial charge in [-0.1, -0.05) is 6.07 Å². The van der Waals surface area contributed by atoms with Gasteiger partial charge in [0.1, 0.15) is 5.56 Å². The van der Waals surface area contributed by atoms with Crippen molar-refractivity contribution in [3.05, 3.63) is 57.5 Å². The molecule has 178 valence electrons. The molecule has 2 aliphatic rings. The van der Waals surface area contributed by atoms with Gasteiger partial charge >= 0.3 is 5.97 Å². The molecule has 0 amide bonds. The molecule has 5 rings (SSSR count).